The van der Waals surface area contributed by atoms with Crippen molar-refractivity contribution in [2.45, 2.75) is 38.4 Å². The van der Waals surface area contributed by atoms with Gasteiger partial charge in [-0.25, -0.2) is 4.98 Å². The minimum Gasteiger partial charge on any atom is -0.337 e. The molecule has 1 saturated carbocycles. The van der Waals surface area contributed by atoms with Crippen LogP contribution in [-0.2, 0) is 27.2 Å². The molecule has 1 aliphatic carbocycles. The number of hydrogen-bond donors (Lipinski definition) is 1. The number of piperidine rings is 1. The van der Waals surface area contributed by atoms with Crippen molar-refractivity contribution in [2.75, 3.05) is 13.1 Å². The molecule has 0 unspecified atom stereocenters. The summed E-state index contributed by atoms with van der Waals surface area (Å²) < 4.78 is 4.02. The second-order valence-electron chi connectivity index (χ2n) is 7.21. The van der Waals surface area contributed by atoms with Gasteiger partial charge in [-0.2, -0.15) is 5.10 Å². The second-order valence-corrected chi connectivity index (χ2v) is 7.21. The Kier molecular flexibility index (Phi) is 3.73. The lowest BCUT2D eigenvalue weighted by Gasteiger charge is -2.29. The summed E-state index contributed by atoms with van der Waals surface area (Å²) in [4.78, 5) is 7.15. The van der Waals surface area contributed by atoms with Gasteiger partial charge in [0.15, 0.2) is 0 Å². The van der Waals surface area contributed by atoms with E-state index in [0.717, 1.165) is 18.9 Å². The Morgan fingerprint density at radius 1 is 1.30 bits per heavy atom. The van der Waals surface area contributed by atoms with Crippen LogP contribution < -0.4 is 5.32 Å². The number of aromatic nitrogens is 4. The van der Waals surface area contributed by atoms with Gasteiger partial charge in [-0.1, -0.05) is 0 Å². The smallest absolute Gasteiger partial charge is 0.122 e. The van der Waals surface area contributed by atoms with Crippen molar-refractivity contribution in [3.8, 4) is 0 Å². The topological polar surface area (TPSA) is 50.9 Å². The fourth-order valence-corrected chi connectivity index (χ4v) is 4.10. The van der Waals surface area contributed by atoms with Crippen molar-refractivity contribution in [1.82, 2.24) is 29.5 Å². The number of nitrogens with zero attached hydrogens (tertiary/aromatic N) is 5. The first-order valence-corrected chi connectivity index (χ1v) is 8.55. The Morgan fingerprint density at radius 3 is 2.78 bits per heavy atom. The number of imidazole rings is 1. The molecule has 2 aromatic heterocycles. The van der Waals surface area contributed by atoms with Crippen molar-refractivity contribution in [1.29, 1.82) is 0 Å². The normalized spacial score (nSPS) is 22.8. The third-order valence-electron chi connectivity index (χ3n) is 5.60. The molecule has 6 nitrogen and oxygen atoms in total. The minimum atomic E-state index is 0.540. The van der Waals surface area contributed by atoms with Crippen LogP contribution in [0, 0.1) is 5.41 Å². The monoisotopic (exact) mass is 314 g/mol. The molecule has 2 aromatic rings. The van der Waals surface area contributed by atoms with E-state index in [9.17, 15) is 0 Å². The molecule has 4 rings (SSSR count). The number of aryl methyl sites for hydroxylation is 2. The molecule has 23 heavy (non-hydrogen) atoms. The van der Waals surface area contributed by atoms with Crippen molar-refractivity contribution < 1.29 is 0 Å². The van der Waals surface area contributed by atoms with Crippen LogP contribution in [0.2, 0.25) is 0 Å². The fourth-order valence-electron chi connectivity index (χ4n) is 4.10. The second kappa shape index (κ2) is 5.76. The number of nitrogens with one attached hydrogen (secondary N) is 1. The predicted molar refractivity (Wildman–Crippen MR) is 88.6 cm³/mol. The summed E-state index contributed by atoms with van der Waals surface area (Å²) in [5.41, 5.74) is 1.83. The zero-order valence-electron chi connectivity index (χ0n) is 14.1. The van der Waals surface area contributed by atoms with Gasteiger partial charge in [0.1, 0.15) is 5.82 Å². The largest absolute Gasteiger partial charge is 0.337 e. The summed E-state index contributed by atoms with van der Waals surface area (Å²) in [6, 6.07) is 0.682. The molecule has 2 fully saturated rings. The molecular weight excluding hydrogens is 288 g/mol. The standard InChI is InChI=1S/C17H26N6/c1-21-8-7-19-16(21)13-23(12-14-10-20-22(2)11-14)15-9-17(15)3-5-18-6-4-17/h7-8,10-11,15,18H,3-6,9,12-13H2,1-2H3/t15-/m0/s1. The molecule has 6 heteroatoms. The lowest BCUT2D eigenvalue weighted by atomic mass is 9.93. The maximum atomic E-state index is 4.53. The highest BCUT2D eigenvalue weighted by Crippen LogP contribution is 2.56. The molecule has 1 atom stereocenters. The number of rotatable bonds is 5. The van der Waals surface area contributed by atoms with Crippen LogP contribution in [0.4, 0.5) is 0 Å². The summed E-state index contributed by atoms with van der Waals surface area (Å²) in [5.74, 6) is 1.14. The van der Waals surface area contributed by atoms with Gasteiger partial charge < -0.3 is 9.88 Å². The summed E-state index contributed by atoms with van der Waals surface area (Å²) in [6.07, 6.45) is 12.0. The lowest BCUT2D eigenvalue weighted by Crippen LogP contribution is -2.36. The van der Waals surface area contributed by atoms with E-state index < -0.39 is 0 Å². The zero-order chi connectivity index (χ0) is 15.9. The minimum absolute atomic E-state index is 0.540. The van der Waals surface area contributed by atoms with Crippen LogP contribution in [0.3, 0.4) is 0 Å². The molecule has 124 valence electrons. The van der Waals surface area contributed by atoms with E-state index in [-0.39, 0.29) is 0 Å². The van der Waals surface area contributed by atoms with Crippen LogP contribution >= 0.6 is 0 Å². The van der Waals surface area contributed by atoms with E-state index in [4.69, 9.17) is 0 Å². The van der Waals surface area contributed by atoms with Crippen molar-refractivity contribution in [3.05, 3.63) is 36.2 Å². The molecule has 1 saturated heterocycles. The van der Waals surface area contributed by atoms with E-state index in [0.29, 0.717) is 11.5 Å². The summed E-state index contributed by atoms with van der Waals surface area (Å²) in [5, 5.41) is 7.83. The van der Waals surface area contributed by atoms with E-state index in [1.807, 2.05) is 30.3 Å². The average molecular weight is 314 g/mol. The van der Waals surface area contributed by atoms with Gasteiger partial charge in [-0.3, -0.25) is 9.58 Å². The third-order valence-corrected chi connectivity index (χ3v) is 5.60. The zero-order valence-corrected chi connectivity index (χ0v) is 14.1. The van der Waals surface area contributed by atoms with Crippen LogP contribution in [0.25, 0.3) is 0 Å². The first kappa shape index (κ1) is 14.9. The van der Waals surface area contributed by atoms with Gasteiger partial charge in [0.25, 0.3) is 0 Å². The van der Waals surface area contributed by atoms with Gasteiger partial charge in [0.2, 0.25) is 0 Å². The average Bonchev–Trinajstić information content (AvgIpc) is 2.85. The maximum absolute atomic E-state index is 4.53. The maximum Gasteiger partial charge on any atom is 0.122 e. The Hall–Kier alpha value is -1.66. The first-order valence-electron chi connectivity index (χ1n) is 8.55. The van der Waals surface area contributed by atoms with E-state index in [1.165, 1.54) is 37.9 Å². The summed E-state index contributed by atoms with van der Waals surface area (Å²) in [7, 11) is 4.07. The highest BCUT2D eigenvalue weighted by atomic mass is 15.3. The van der Waals surface area contributed by atoms with Crippen LogP contribution in [0.5, 0.6) is 0 Å². The van der Waals surface area contributed by atoms with Crippen LogP contribution in [0.1, 0.15) is 30.7 Å². The molecule has 1 aliphatic heterocycles. The molecule has 2 aliphatic rings. The van der Waals surface area contributed by atoms with Gasteiger partial charge >= 0.3 is 0 Å². The molecule has 0 radical (unpaired) electrons. The van der Waals surface area contributed by atoms with E-state index in [1.54, 1.807) is 0 Å². The first-order chi connectivity index (χ1) is 11.2. The molecule has 0 amide bonds. The highest BCUT2D eigenvalue weighted by molar-refractivity contribution is 5.13. The van der Waals surface area contributed by atoms with Crippen molar-refractivity contribution in [2.24, 2.45) is 19.5 Å². The van der Waals surface area contributed by atoms with Gasteiger partial charge in [-0.15, -0.1) is 0 Å². The Morgan fingerprint density at radius 2 is 2.13 bits per heavy atom. The predicted octanol–water partition coefficient (Wildman–Crippen LogP) is 1.30. The number of hydrogen-bond acceptors (Lipinski definition) is 4. The summed E-state index contributed by atoms with van der Waals surface area (Å²) >= 11 is 0. The fraction of sp³-hybridized carbons (Fsp3) is 0.647. The Balaban J connectivity index is 1.53. The quantitative estimate of drug-likeness (QED) is 0.904. The van der Waals surface area contributed by atoms with E-state index >= 15 is 0 Å². The highest BCUT2D eigenvalue weighted by Gasteiger charge is 2.56. The van der Waals surface area contributed by atoms with Crippen molar-refractivity contribution in [3.63, 3.8) is 0 Å². The third kappa shape index (κ3) is 2.93. The lowest BCUT2D eigenvalue weighted by molar-refractivity contribution is 0.182. The van der Waals surface area contributed by atoms with Crippen LogP contribution in [-0.4, -0.2) is 43.4 Å². The molecular formula is C17H26N6. The van der Waals surface area contributed by atoms with Gasteiger partial charge in [0.05, 0.1) is 12.7 Å². The molecule has 0 bridgehead atoms. The SMILES string of the molecule is Cn1cc(CN(Cc2nccn2C)[C@H]2CC23CCNCC3)cn1. The molecule has 3 heterocycles. The van der Waals surface area contributed by atoms with Crippen molar-refractivity contribution >= 4 is 0 Å². The van der Waals surface area contributed by atoms with Crippen LogP contribution in [0.15, 0.2) is 24.8 Å². The molecule has 1 spiro atoms. The molecule has 1 N–H and O–H groups in total. The Bertz CT molecular complexity index is 666. The van der Waals surface area contributed by atoms with Gasteiger partial charge in [-0.05, 0) is 37.8 Å². The molecule has 0 aromatic carbocycles. The van der Waals surface area contributed by atoms with E-state index in [2.05, 4.69) is 38.1 Å². The van der Waals surface area contributed by atoms with Gasteiger partial charge in [0, 0.05) is 50.8 Å². The summed E-state index contributed by atoms with van der Waals surface area (Å²) in [6.45, 7) is 4.21. The Labute approximate surface area is 137 Å².